The first-order valence-electron chi connectivity index (χ1n) is 6.38. The van der Waals surface area contributed by atoms with E-state index >= 15 is 0 Å². The summed E-state index contributed by atoms with van der Waals surface area (Å²) in [5.74, 6) is -0.224. The first kappa shape index (κ1) is 15.0. The SMILES string of the molecule is C[C@H]1CNCCN1C(=O)c1ccc(S(=O)(=O)N(C)C)o1. The number of carbonyl (C=O) groups excluding carboxylic acids is 1. The number of hydrogen-bond acceptors (Lipinski definition) is 5. The van der Waals surface area contributed by atoms with Gasteiger partial charge in [0.2, 0.25) is 5.09 Å². The topological polar surface area (TPSA) is 82.9 Å². The molecule has 1 aliphatic rings. The molecule has 2 heterocycles. The molecule has 7 nitrogen and oxygen atoms in total. The molecule has 0 aromatic carbocycles. The molecule has 1 N–H and O–H groups in total. The van der Waals surface area contributed by atoms with Gasteiger partial charge in [-0.25, -0.2) is 12.7 Å². The average Bonchev–Trinajstić information content (AvgIpc) is 2.88. The summed E-state index contributed by atoms with van der Waals surface area (Å²) in [5, 5.41) is 2.97. The zero-order valence-electron chi connectivity index (χ0n) is 11.8. The van der Waals surface area contributed by atoms with Crippen molar-refractivity contribution in [3.63, 3.8) is 0 Å². The van der Waals surface area contributed by atoms with E-state index in [4.69, 9.17) is 4.42 Å². The Bertz CT molecular complexity index is 594. The van der Waals surface area contributed by atoms with Gasteiger partial charge in [-0.2, -0.15) is 0 Å². The molecule has 0 bridgehead atoms. The van der Waals surface area contributed by atoms with E-state index < -0.39 is 10.0 Å². The Morgan fingerprint density at radius 2 is 2.15 bits per heavy atom. The fourth-order valence-electron chi connectivity index (χ4n) is 2.04. The van der Waals surface area contributed by atoms with E-state index in [2.05, 4.69) is 5.32 Å². The summed E-state index contributed by atoms with van der Waals surface area (Å²) in [6, 6.07) is 2.78. The molecular formula is C12H19N3O4S. The third-order valence-electron chi connectivity index (χ3n) is 3.29. The fraction of sp³-hybridized carbons (Fsp3) is 0.583. The molecule has 2 rings (SSSR count). The van der Waals surface area contributed by atoms with E-state index in [1.54, 1.807) is 4.90 Å². The summed E-state index contributed by atoms with van der Waals surface area (Å²) in [4.78, 5) is 14.0. The van der Waals surface area contributed by atoms with Gasteiger partial charge in [0.1, 0.15) is 0 Å². The van der Waals surface area contributed by atoms with Crippen LogP contribution in [-0.4, -0.2) is 63.3 Å². The smallest absolute Gasteiger partial charge is 0.289 e. The molecule has 1 fully saturated rings. The van der Waals surface area contributed by atoms with Gasteiger partial charge >= 0.3 is 0 Å². The number of sulfonamides is 1. The predicted molar refractivity (Wildman–Crippen MR) is 72.9 cm³/mol. The summed E-state index contributed by atoms with van der Waals surface area (Å²) in [7, 11) is -0.821. The molecule has 8 heteroatoms. The summed E-state index contributed by atoms with van der Waals surface area (Å²) in [6.45, 7) is 3.95. The van der Waals surface area contributed by atoms with Crippen molar-refractivity contribution in [2.75, 3.05) is 33.7 Å². The highest BCUT2D eigenvalue weighted by molar-refractivity contribution is 7.88. The van der Waals surface area contributed by atoms with Crippen molar-refractivity contribution < 1.29 is 17.6 Å². The molecule has 1 atom stereocenters. The molecule has 1 saturated heterocycles. The lowest BCUT2D eigenvalue weighted by atomic mass is 10.2. The Kier molecular flexibility index (Phi) is 4.17. The van der Waals surface area contributed by atoms with Crippen molar-refractivity contribution in [2.45, 2.75) is 18.1 Å². The van der Waals surface area contributed by atoms with Crippen LogP contribution in [0.15, 0.2) is 21.6 Å². The second kappa shape index (κ2) is 5.55. The average molecular weight is 301 g/mol. The molecule has 1 aliphatic heterocycles. The molecule has 1 aromatic rings. The second-order valence-electron chi connectivity index (χ2n) is 4.96. The third-order valence-corrected chi connectivity index (χ3v) is 4.98. The maximum Gasteiger partial charge on any atom is 0.289 e. The highest BCUT2D eigenvalue weighted by atomic mass is 32.2. The Labute approximate surface area is 118 Å². The van der Waals surface area contributed by atoms with Crippen LogP contribution < -0.4 is 5.32 Å². The van der Waals surface area contributed by atoms with Gasteiger partial charge in [-0.15, -0.1) is 0 Å². The van der Waals surface area contributed by atoms with Crippen molar-refractivity contribution in [3.05, 3.63) is 17.9 Å². The highest BCUT2D eigenvalue weighted by Gasteiger charge is 2.28. The Morgan fingerprint density at radius 3 is 2.75 bits per heavy atom. The fourth-order valence-corrected chi connectivity index (χ4v) is 2.83. The van der Waals surface area contributed by atoms with Crippen LogP contribution >= 0.6 is 0 Å². The van der Waals surface area contributed by atoms with Gasteiger partial charge in [-0.1, -0.05) is 0 Å². The normalized spacial score (nSPS) is 20.4. The lowest BCUT2D eigenvalue weighted by molar-refractivity contribution is 0.0617. The van der Waals surface area contributed by atoms with Crippen molar-refractivity contribution in [1.82, 2.24) is 14.5 Å². The molecule has 0 spiro atoms. The minimum absolute atomic E-state index is 0.0512. The zero-order chi connectivity index (χ0) is 14.9. The van der Waals surface area contributed by atoms with Crippen LogP contribution in [0.4, 0.5) is 0 Å². The van der Waals surface area contributed by atoms with Gasteiger partial charge < -0.3 is 14.6 Å². The number of rotatable bonds is 3. The Balaban J connectivity index is 2.23. The molecule has 1 amide bonds. The molecule has 0 unspecified atom stereocenters. The van der Waals surface area contributed by atoms with Gasteiger partial charge in [0.25, 0.3) is 15.9 Å². The largest absolute Gasteiger partial charge is 0.438 e. The van der Waals surface area contributed by atoms with Crippen molar-refractivity contribution in [1.29, 1.82) is 0 Å². The van der Waals surface area contributed by atoms with Crippen LogP contribution in [0, 0.1) is 0 Å². The number of nitrogens with one attached hydrogen (secondary N) is 1. The summed E-state index contributed by atoms with van der Waals surface area (Å²) >= 11 is 0. The Hall–Kier alpha value is -1.38. The minimum atomic E-state index is -3.65. The molecular weight excluding hydrogens is 282 g/mol. The van der Waals surface area contributed by atoms with Crippen LogP contribution in [0.2, 0.25) is 0 Å². The minimum Gasteiger partial charge on any atom is -0.438 e. The number of hydrogen-bond donors (Lipinski definition) is 1. The number of carbonyl (C=O) groups is 1. The Morgan fingerprint density at radius 1 is 1.45 bits per heavy atom. The van der Waals surface area contributed by atoms with Crippen LogP contribution in [0.3, 0.4) is 0 Å². The van der Waals surface area contributed by atoms with Crippen LogP contribution in [0.1, 0.15) is 17.5 Å². The van der Waals surface area contributed by atoms with E-state index in [1.165, 1.54) is 26.2 Å². The van der Waals surface area contributed by atoms with Gasteiger partial charge in [0, 0.05) is 39.8 Å². The van der Waals surface area contributed by atoms with E-state index in [0.29, 0.717) is 6.54 Å². The van der Waals surface area contributed by atoms with Crippen LogP contribution in [0.5, 0.6) is 0 Å². The second-order valence-corrected chi connectivity index (χ2v) is 7.04. The molecule has 0 radical (unpaired) electrons. The monoisotopic (exact) mass is 301 g/mol. The van der Waals surface area contributed by atoms with Crippen molar-refractivity contribution in [3.8, 4) is 0 Å². The summed E-state index contributed by atoms with van der Waals surface area (Å²) < 4.78 is 30.1. The van der Waals surface area contributed by atoms with E-state index in [-0.39, 0.29) is 22.8 Å². The van der Waals surface area contributed by atoms with Crippen LogP contribution in [-0.2, 0) is 10.0 Å². The molecule has 1 aromatic heterocycles. The third kappa shape index (κ3) is 2.72. The van der Waals surface area contributed by atoms with E-state index in [9.17, 15) is 13.2 Å². The summed E-state index contributed by atoms with van der Waals surface area (Å²) in [6.07, 6.45) is 0. The number of piperazine rings is 1. The lowest BCUT2D eigenvalue weighted by Crippen LogP contribution is -2.52. The highest BCUT2D eigenvalue weighted by Crippen LogP contribution is 2.19. The molecule has 0 aliphatic carbocycles. The number of amides is 1. The molecule has 112 valence electrons. The predicted octanol–water partition coefficient (Wildman–Crippen LogP) is -0.0362. The molecule has 0 saturated carbocycles. The van der Waals surface area contributed by atoms with Gasteiger partial charge in [-0.05, 0) is 19.1 Å². The lowest BCUT2D eigenvalue weighted by Gasteiger charge is -2.33. The summed E-state index contributed by atoms with van der Waals surface area (Å²) in [5.41, 5.74) is 0. The first-order valence-corrected chi connectivity index (χ1v) is 7.82. The van der Waals surface area contributed by atoms with Crippen molar-refractivity contribution in [2.24, 2.45) is 0 Å². The maximum atomic E-state index is 12.3. The van der Waals surface area contributed by atoms with Gasteiger partial charge in [-0.3, -0.25) is 4.79 Å². The van der Waals surface area contributed by atoms with Gasteiger partial charge in [0.15, 0.2) is 5.76 Å². The van der Waals surface area contributed by atoms with Crippen molar-refractivity contribution >= 4 is 15.9 Å². The number of furan rings is 1. The first-order chi connectivity index (χ1) is 9.34. The number of nitrogens with zero attached hydrogens (tertiary/aromatic N) is 2. The molecule has 20 heavy (non-hydrogen) atoms. The maximum absolute atomic E-state index is 12.3. The van der Waals surface area contributed by atoms with E-state index in [1.807, 2.05) is 6.92 Å². The quantitative estimate of drug-likeness (QED) is 0.847. The van der Waals surface area contributed by atoms with Gasteiger partial charge in [0.05, 0.1) is 0 Å². The van der Waals surface area contributed by atoms with Crippen LogP contribution in [0.25, 0.3) is 0 Å². The standard InChI is InChI=1S/C12H19N3O4S/c1-9-8-13-6-7-15(9)12(16)10-4-5-11(19-10)20(17,18)14(2)3/h4-5,9,13H,6-8H2,1-3H3/t9-/m0/s1. The van der Waals surface area contributed by atoms with E-state index in [0.717, 1.165) is 17.4 Å². The zero-order valence-corrected chi connectivity index (χ0v) is 12.6.